The molecule has 3 N–H and O–H groups in total. The second-order valence-electron chi connectivity index (χ2n) is 4.20. The molecule has 2 aromatic carbocycles. The molecule has 0 atom stereocenters. The highest BCUT2D eigenvalue weighted by atomic mass is 32.2. The van der Waals surface area contributed by atoms with E-state index in [4.69, 9.17) is 5.73 Å². The van der Waals surface area contributed by atoms with E-state index in [1.165, 1.54) is 18.2 Å². The van der Waals surface area contributed by atoms with Gasteiger partial charge in [0.2, 0.25) is 0 Å². The first-order valence-corrected chi connectivity index (χ1v) is 7.28. The molecule has 0 radical (unpaired) electrons. The van der Waals surface area contributed by atoms with Crippen molar-refractivity contribution in [3.05, 3.63) is 59.4 Å². The average Bonchev–Trinajstić information content (AvgIpc) is 2.43. The lowest BCUT2D eigenvalue weighted by Gasteiger charge is -2.10. The molecular weight excluding hydrogens is 305 g/mol. The number of benzene rings is 2. The first-order chi connectivity index (χ1) is 9.83. The molecule has 0 aliphatic carbocycles. The lowest BCUT2D eigenvalue weighted by molar-refractivity contribution is 0.547. The number of nitrogens with one attached hydrogen (secondary N) is 1. The van der Waals surface area contributed by atoms with Crippen molar-refractivity contribution >= 4 is 15.7 Å². The molecule has 0 aliphatic heterocycles. The third-order valence-electron chi connectivity index (χ3n) is 2.69. The normalized spacial score (nSPS) is 11.4. The van der Waals surface area contributed by atoms with Gasteiger partial charge in [-0.2, -0.15) is 0 Å². The summed E-state index contributed by atoms with van der Waals surface area (Å²) in [5, 5.41) is 0. The summed E-state index contributed by atoms with van der Waals surface area (Å²) >= 11 is 0. The Hall–Kier alpha value is -2.06. The van der Waals surface area contributed by atoms with Crippen molar-refractivity contribution in [3.63, 3.8) is 0 Å². The Balaban J connectivity index is 2.42. The summed E-state index contributed by atoms with van der Waals surface area (Å²) in [4.78, 5) is -0.200. The summed E-state index contributed by atoms with van der Waals surface area (Å²) < 4.78 is 65.7. The van der Waals surface area contributed by atoms with Crippen LogP contribution in [-0.2, 0) is 16.6 Å². The number of nitrogens with two attached hydrogens (primary N) is 1. The zero-order valence-corrected chi connectivity index (χ0v) is 11.4. The van der Waals surface area contributed by atoms with E-state index in [9.17, 15) is 21.6 Å². The molecule has 0 aromatic heterocycles. The number of hydrogen-bond acceptors (Lipinski definition) is 3. The third kappa shape index (κ3) is 3.34. The minimum Gasteiger partial charge on any atom is -0.326 e. The van der Waals surface area contributed by atoms with Crippen molar-refractivity contribution in [3.8, 4) is 0 Å². The van der Waals surface area contributed by atoms with Crippen LogP contribution in [-0.4, -0.2) is 8.42 Å². The van der Waals surface area contributed by atoms with Crippen molar-refractivity contribution in [1.82, 2.24) is 0 Å². The maximum atomic E-state index is 13.5. The first kappa shape index (κ1) is 15.3. The minimum atomic E-state index is -4.21. The lowest BCUT2D eigenvalue weighted by atomic mass is 10.2. The van der Waals surface area contributed by atoms with Gasteiger partial charge in [0.1, 0.15) is 11.5 Å². The topological polar surface area (TPSA) is 72.2 Å². The SMILES string of the molecule is NCc1cccc(S(=O)(=O)Nc2c(F)cc(F)cc2F)c1. The molecule has 2 aromatic rings. The maximum absolute atomic E-state index is 13.5. The van der Waals surface area contributed by atoms with Gasteiger partial charge in [0.15, 0.2) is 11.6 Å². The molecule has 0 aliphatic rings. The molecule has 0 spiro atoms. The van der Waals surface area contributed by atoms with Crippen molar-refractivity contribution < 1.29 is 21.6 Å². The molecule has 0 heterocycles. The van der Waals surface area contributed by atoms with E-state index in [2.05, 4.69) is 0 Å². The summed E-state index contributed by atoms with van der Waals surface area (Å²) in [5.41, 5.74) is 5.01. The fourth-order valence-corrected chi connectivity index (χ4v) is 2.82. The number of rotatable bonds is 4. The van der Waals surface area contributed by atoms with Crippen LogP contribution in [0, 0.1) is 17.5 Å². The van der Waals surface area contributed by atoms with Gasteiger partial charge in [0.25, 0.3) is 10.0 Å². The molecule has 21 heavy (non-hydrogen) atoms. The van der Waals surface area contributed by atoms with Crippen LogP contribution in [0.4, 0.5) is 18.9 Å². The fraction of sp³-hybridized carbons (Fsp3) is 0.0769. The molecule has 4 nitrogen and oxygen atoms in total. The molecule has 0 saturated heterocycles. The van der Waals surface area contributed by atoms with Crippen LogP contribution in [0.3, 0.4) is 0 Å². The molecule has 2 rings (SSSR count). The Kier molecular flexibility index (Phi) is 4.19. The standard InChI is InChI=1S/C13H11F3N2O2S/c14-9-5-11(15)13(12(16)6-9)18-21(19,20)10-3-1-2-8(4-10)7-17/h1-6,18H,7,17H2. The molecule has 0 unspecified atom stereocenters. The van der Waals surface area contributed by atoms with Crippen LogP contribution < -0.4 is 10.5 Å². The predicted octanol–water partition coefficient (Wildman–Crippen LogP) is 2.36. The fourth-order valence-electron chi connectivity index (χ4n) is 1.67. The Bertz CT molecular complexity index is 756. The van der Waals surface area contributed by atoms with E-state index in [-0.39, 0.29) is 11.4 Å². The molecule has 0 fully saturated rings. The van der Waals surface area contributed by atoms with E-state index in [0.29, 0.717) is 17.7 Å². The molecule has 8 heteroatoms. The Morgan fingerprint density at radius 2 is 1.67 bits per heavy atom. The lowest BCUT2D eigenvalue weighted by Crippen LogP contribution is -2.16. The zero-order valence-electron chi connectivity index (χ0n) is 10.6. The second kappa shape index (κ2) is 5.74. The summed E-state index contributed by atoms with van der Waals surface area (Å²) in [6.45, 7) is 0.114. The molecule has 0 amide bonds. The van der Waals surface area contributed by atoms with Gasteiger partial charge >= 0.3 is 0 Å². The van der Waals surface area contributed by atoms with E-state index in [1.807, 2.05) is 0 Å². The van der Waals surface area contributed by atoms with Crippen molar-refractivity contribution in [1.29, 1.82) is 0 Å². The Labute approximate surface area is 119 Å². The highest BCUT2D eigenvalue weighted by Crippen LogP contribution is 2.24. The molecule has 112 valence electrons. The van der Waals surface area contributed by atoms with Gasteiger partial charge in [-0.25, -0.2) is 21.6 Å². The van der Waals surface area contributed by atoms with Crippen LogP contribution in [0.5, 0.6) is 0 Å². The van der Waals surface area contributed by atoms with Crippen molar-refractivity contribution in [2.24, 2.45) is 5.73 Å². The van der Waals surface area contributed by atoms with Gasteiger partial charge in [-0.05, 0) is 17.7 Å². The van der Waals surface area contributed by atoms with Crippen LogP contribution in [0.25, 0.3) is 0 Å². The minimum absolute atomic E-state index is 0.114. The van der Waals surface area contributed by atoms with E-state index in [1.54, 1.807) is 10.8 Å². The summed E-state index contributed by atoms with van der Waals surface area (Å²) in [7, 11) is -4.21. The number of sulfonamides is 1. The molecular formula is C13H11F3N2O2S. The monoisotopic (exact) mass is 316 g/mol. The molecule has 0 bridgehead atoms. The highest BCUT2D eigenvalue weighted by Gasteiger charge is 2.20. The van der Waals surface area contributed by atoms with Gasteiger partial charge in [0, 0.05) is 18.7 Å². The predicted molar refractivity (Wildman–Crippen MR) is 71.5 cm³/mol. The Morgan fingerprint density at radius 1 is 1.05 bits per heavy atom. The number of hydrogen-bond donors (Lipinski definition) is 2. The first-order valence-electron chi connectivity index (χ1n) is 5.80. The number of anilines is 1. The smallest absolute Gasteiger partial charge is 0.262 e. The van der Waals surface area contributed by atoms with E-state index in [0.717, 1.165) is 0 Å². The van der Waals surface area contributed by atoms with Crippen LogP contribution >= 0.6 is 0 Å². The summed E-state index contributed by atoms with van der Waals surface area (Å²) in [5.74, 6) is -3.82. The van der Waals surface area contributed by atoms with Crippen LogP contribution in [0.1, 0.15) is 5.56 Å². The quantitative estimate of drug-likeness (QED) is 0.909. The summed E-state index contributed by atoms with van der Waals surface area (Å²) in [6, 6.07) is 6.36. The average molecular weight is 316 g/mol. The van der Waals surface area contributed by atoms with E-state index >= 15 is 0 Å². The van der Waals surface area contributed by atoms with Gasteiger partial charge in [0.05, 0.1) is 4.90 Å². The number of halogens is 3. The second-order valence-corrected chi connectivity index (χ2v) is 5.88. The Morgan fingerprint density at radius 3 is 2.24 bits per heavy atom. The third-order valence-corrected chi connectivity index (χ3v) is 4.04. The zero-order chi connectivity index (χ0) is 15.6. The largest absolute Gasteiger partial charge is 0.326 e. The van der Waals surface area contributed by atoms with Gasteiger partial charge < -0.3 is 5.73 Å². The highest BCUT2D eigenvalue weighted by molar-refractivity contribution is 7.92. The molecule has 0 saturated carbocycles. The van der Waals surface area contributed by atoms with Crippen molar-refractivity contribution in [2.75, 3.05) is 4.72 Å². The van der Waals surface area contributed by atoms with Crippen molar-refractivity contribution in [2.45, 2.75) is 11.4 Å². The van der Waals surface area contributed by atoms with Crippen LogP contribution in [0.2, 0.25) is 0 Å². The van der Waals surface area contributed by atoms with Crippen LogP contribution in [0.15, 0.2) is 41.3 Å². The van der Waals surface area contributed by atoms with Gasteiger partial charge in [-0.15, -0.1) is 0 Å². The summed E-state index contributed by atoms with van der Waals surface area (Å²) in [6.07, 6.45) is 0. The van der Waals surface area contributed by atoms with Gasteiger partial charge in [-0.3, -0.25) is 4.72 Å². The maximum Gasteiger partial charge on any atom is 0.262 e. The van der Waals surface area contributed by atoms with Gasteiger partial charge in [-0.1, -0.05) is 12.1 Å². The van der Waals surface area contributed by atoms with E-state index < -0.39 is 33.2 Å².